The number of anilines is 1. The molecular weight excluding hydrogens is 254 g/mol. The van der Waals surface area contributed by atoms with Gasteiger partial charge in [0.15, 0.2) is 0 Å². The summed E-state index contributed by atoms with van der Waals surface area (Å²) in [4.78, 5) is 18.6. The van der Waals surface area contributed by atoms with Crippen LogP contribution in [0.3, 0.4) is 0 Å². The van der Waals surface area contributed by atoms with Crippen LogP contribution in [-0.2, 0) is 0 Å². The molecule has 0 spiro atoms. The number of carbonyl (C=O) groups is 1. The highest BCUT2D eigenvalue weighted by Gasteiger charge is 2.23. The standard InChI is InChI=1S/C15H23N3O2/c1-3-6-16-14-9-12(8-11(2)17-14)15(20)18-7-4-5-13(19)10-18/h8-9,13,19H,3-7,10H2,1-2H3,(H,16,17). The van der Waals surface area contributed by atoms with Crippen molar-refractivity contribution in [3.63, 3.8) is 0 Å². The summed E-state index contributed by atoms with van der Waals surface area (Å²) in [6.45, 7) is 5.96. The molecule has 0 radical (unpaired) electrons. The van der Waals surface area contributed by atoms with E-state index in [2.05, 4.69) is 17.2 Å². The lowest BCUT2D eigenvalue weighted by atomic mass is 10.1. The van der Waals surface area contributed by atoms with Crippen LogP contribution in [0.25, 0.3) is 0 Å². The highest BCUT2D eigenvalue weighted by molar-refractivity contribution is 5.95. The van der Waals surface area contributed by atoms with Gasteiger partial charge in [0.2, 0.25) is 0 Å². The lowest BCUT2D eigenvalue weighted by Crippen LogP contribution is -2.42. The Hall–Kier alpha value is -1.62. The van der Waals surface area contributed by atoms with E-state index in [1.807, 2.05) is 6.92 Å². The van der Waals surface area contributed by atoms with Gasteiger partial charge in [-0.1, -0.05) is 6.92 Å². The number of β-amino-alcohol motifs (C(OH)–C–C–N with tert-alkyl or cyclic N) is 1. The van der Waals surface area contributed by atoms with Crippen molar-refractivity contribution in [3.05, 3.63) is 23.4 Å². The molecule has 1 atom stereocenters. The molecule has 1 aromatic heterocycles. The van der Waals surface area contributed by atoms with Gasteiger partial charge in [-0.2, -0.15) is 0 Å². The molecule has 2 N–H and O–H groups in total. The molecule has 0 bridgehead atoms. The minimum absolute atomic E-state index is 0.0196. The largest absolute Gasteiger partial charge is 0.391 e. The number of likely N-dealkylation sites (tertiary alicyclic amines) is 1. The molecule has 20 heavy (non-hydrogen) atoms. The normalized spacial score (nSPS) is 18.9. The van der Waals surface area contributed by atoms with Gasteiger partial charge in [-0.15, -0.1) is 0 Å². The zero-order chi connectivity index (χ0) is 14.5. The average molecular weight is 277 g/mol. The number of pyridine rings is 1. The summed E-state index contributed by atoms with van der Waals surface area (Å²) in [6, 6.07) is 3.60. The zero-order valence-corrected chi connectivity index (χ0v) is 12.2. The fourth-order valence-electron chi connectivity index (χ4n) is 2.46. The molecule has 1 amide bonds. The molecule has 1 aliphatic rings. The van der Waals surface area contributed by atoms with Crippen molar-refractivity contribution in [3.8, 4) is 0 Å². The predicted molar refractivity (Wildman–Crippen MR) is 78.9 cm³/mol. The number of nitrogens with zero attached hydrogens (tertiary/aromatic N) is 2. The highest BCUT2D eigenvalue weighted by Crippen LogP contribution is 2.16. The maximum Gasteiger partial charge on any atom is 0.254 e. The Morgan fingerprint density at radius 1 is 1.55 bits per heavy atom. The van der Waals surface area contributed by atoms with E-state index in [4.69, 9.17) is 0 Å². The average Bonchev–Trinajstić information content (AvgIpc) is 2.43. The maximum absolute atomic E-state index is 12.5. The van der Waals surface area contributed by atoms with E-state index in [0.29, 0.717) is 12.1 Å². The fourth-order valence-corrected chi connectivity index (χ4v) is 2.46. The number of piperidine rings is 1. The van der Waals surface area contributed by atoms with Crippen LogP contribution in [0.4, 0.5) is 5.82 Å². The van der Waals surface area contributed by atoms with Gasteiger partial charge in [-0.3, -0.25) is 4.79 Å². The predicted octanol–water partition coefficient (Wildman–Crippen LogP) is 1.81. The lowest BCUT2D eigenvalue weighted by Gasteiger charge is -2.30. The molecule has 1 fully saturated rings. The second-order valence-electron chi connectivity index (χ2n) is 5.36. The van der Waals surface area contributed by atoms with Crippen molar-refractivity contribution in [2.75, 3.05) is 25.0 Å². The first-order valence-corrected chi connectivity index (χ1v) is 7.30. The highest BCUT2D eigenvalue weighted by atomic mass is 16.3. The Kier molecular flexibility index (Phi) is 4.95. The molecular formula is C15H23N3O2. The van der Waals surface area contributed by atoms with Gasteiger partial charge in [-0.05, 0) is 38.3 Å². The van der Waals surface area contributed by atoms with Crippen LogP contribution in [0.2, 0.25) is 0 Å². The number of aliphatic hydroxyl groups is 1. The van der Waals surface area contributed by atoms with Crippen LogP contribution in [0, 0.1) is 6.92 Å². The molecule has 2 heterocycles. The van der Waals surface area contributed by atoms with Gasteiger partial charge in [-0.25, -0.2) is 4.98 Å². The van der Waals surface area contributed by atoms with Gasteiger partial charge in [0.25, 0.3) is 5.91 Å². The summed E-state index contributed by atoms with van der Waals surface area (Å²) in [5.74, 6) is 0.724. The SMILES string of the molecule is CCCNc1cc(C(=O)N2CCCC(O)C2)cc(C)n1. The van der Waals surface area contributed by atoms with Gasteiger partial charge >= 0.3 is 0 Å². The van der Waals surface area contributed by atoms with Crippen LogP contribution >= 0.6 is 0 Å². The van der Waals surface area contributed by atoms with Gasteiger partial charge in [0.1, 0.15) is 5.82 Å². The van der Waals surface area contributed by atoms with Gasteiger partial charge in [0.05, 0.1) is 6.10 Å². The van der Waals surface area contributed by atoms with E-state index in [9.17, 15) is 9.90 Å². The molecule has 1 aliphatic heterocycles. The molecule has 5 heteroatoms. The number of hydrogen-bond acceptors (Lipinski definition) is 4. The molecule has 1 saturated heterocycles. The number of aryl methyl sites for hydroxylation is 1. The van der Waals surface area contributed by atoms with Crippen molar-refractivity contribution in [1.29, 1.82) is 0 Å². The molecule has 1 unspecified atom stereocenters. The van der Waals surface area contributed by atoms with E-state index in [-0.39, 0.29) is 5.91 Å². The third-order valence-electron chi connectivity index (χ3n) is 3.44. The molecule has 110 valence electrons. The number of hydrogen-bond donors (Lipinski definition) is 2. The van der Waals surface area contributed by atoms with Crippen molar-refractivity contribution in [2.45, 2.75) is 39.2 Å². The quantitative estimate of drug-likeness (QED) is 0.881. The van der Waals surface area contributed by atoms with E-state index < -0.39 is 6.10 Å². The Balaban J connectivity index is 2.14. The molecule has 5 nitrogen and oxygen atoms in total. The summed E-state index contributed by atoms with van der Waals surface area (Å²) in [6.07, 6.45) is 2.26. The first-order chi connectivity index (χ1) is 9.60. The number of nitrogens with one attached hydrogen (secondary N) is 1. The number of amides is 1. The molecule has 0 saturated carbocycles. The third kappa shape index (κ3) is 3.70. The van der Waals surface area contributed by atoms with E-state index in [1.54, 1.807) is 17.0 Å². The molecule has 0 aliphatic carbocycles. The number of aliphatic hydroxyl groups excluding tert-OH is 1. The Bertz CT molecular complexity index is 476. The summed E-state index contributed by atoms with van der Waals surface area (Å²) in [5.41, 5.74) is 1.47. The minimum atomic E-state index is -0.395. The molecule has 2 rings (SSSR count). The van der Waals surface area contributed by atoms with E-state index in [1.165, 1.54) is 0 Å². The van der Waals surface area contributed by atoms with Crippen LogP contribution < -0.4 is 5.32 Å². The summed E-state index contributed by atoms with van der Waals surface area (Å²) >= 11 is 0. The topological polar surface area (TPSA) is 65.5 Å². The van der Waals surface area contributed by atoms with Crippen LogP contribution in [-0.4, -0.2) is 46.6 Å². The van der Waals surface area contributed by atoms with Crippen molar-refractivity contribution in [1.82, 2.24) is 9.88 Å². The number of aromatic nitrogens is 1. The monoisotopic (exact) mass is 277 g/mol. The minimum Gasteiger partial charge on any atom is -0.391 e. The van der Waals surface area contributed by atoms with E-state index in [0.717, 1.165) is 43.9 Å². The second kappa shape index (κ2) is 6.70. The zero-order valence-electron chi connectivity index (χ0n) is 12.2. The lowest BCUT2D eigenvalue weighted by molar-refractivity contribution is 0.0473. The summed E-state index contributed by atoms with van der Waals surface area (Å²) < 4.78 is 0. The van der Waals surface area contributed by atoms with Gasteiger partial charge in [0, 0.05) is 30.9 Å². The first-order valence-electron chi connectivity index (χ1n) is 7.30. The maximum atomic E-state index is 12.5. The Morgan fingerprint density at radius 2 is 2.35 bits per heavy atom. The Labute approximate surface area is 120 Å². The number of rotatable bonds is 4. The van der Waals surface area contributed by atoms with Gasteiger partial charge < -0.3 is 15.3 Å². The fraction of sp³-hybridized carbons (Fsp3) is 0.600. The molecule has 0 aromatic carbocycles. The van der Waals surface area contributed by atoms with Crippen molar-refractivity contribution in [2.24, 2.45) is 0 Å². The third-order valence-corrected chi connectivity index (χ3v) is 3.44. The summed E-state index contributed by atoms with van der Waals surface area (Å²) in [7, 11) is 0. The smallest absolute Gasteiger partial charge is 0.254 e. The van der Waals surface area contributed by atoms with Crippen molar-refractivity contribution >= 4 is 11.7 Å². The van der Waals surface area contributed by atoms with Crippen molar-refractivity contribution < 1.29 is 9.90 Å². The van der Waals surface area contributed by atoms with Crippen LogP contribution in [0.1, 0.15) is 42.2 Å². The molecule has 1 aromatic rings. The van der Waals surface area contributed by atoms with Crippen LogP contribution in [0.5, 0.6) is 0 Å². The van der Waals surface area contributed by atoms with E-state index >= 15 is 0 Å². The first kappa shape index (κ1) is 14.8. The van der Waals surface area contributed by atoms with Crippen LogP contribution in [0.15, 0.2) is 12.1 Å². The number of carbonyl (C=O) groups excluding carboxylic acids is 1. The second-order valence-corrected chi connectivity index (χ2v) is 5.36. The summed E-state index contributed by atoms with van der Waals surface area (Å²) in [5, 5.41) is 12.9. The Morgan fingerprint density at radius 3 is 3.05 bits per heavy atom.